The second-order valence-electron chi connectivity index (χ2n) is 3.28. The molecule has 0 saturated carbocycles. The van der Waals surface area contributed by atoms with Gasteiger partial charge in [-0.2, -0.15) is 0 Å². The second kappa shape index (κ2) is 2.88. The number of hydrogen-bond acceptors (Lipinski definition) is 1. The van der Waals surface area contributed by atoms with Gasteiger partial charge < -0.3 is 4.74 Å². The first-order chi connectivity index (χ1) is 6.29. The van der Waals surface area contributed by atoms with Crippen LogP contribution in [-0.2, 0) is 10.3 Å². The number of rotatable bonds is 2. The summed E-state index contributed by atoms with van der Waals surface area (Å²) in [6, 6.07) is 10.2. The molecule has 66 valence electrons. The van der Waals surface area contributed by atoms with Crippen molar-refractivity contribution in [2.75, 3.05) is 6.61 Å². The molecule has 1 saturated heterocycles. The Bertz CT molecular complexity index is 354. The van der Waals surface area contributed by atoms with E-state index < -0.39 is 0 Å². The molecule has 1 aromatic carbocycles. The molecular weight excluding hydrogens is 160 g/mol. The Hall–Kier alpha value is -1.30. The van der Waals surface area contributed by atoms with Gasteiger partial charge in [-0.25, -0.2) is 0 Å². The van der Waals surface area contributed by atoms with E-state index in [4.69, 9.17) is 4.74 Å². The Morgan fingerprint density at radius 1 is 1.46 bits per heavy atom. The number of hydrogen-bond donors (Lipinski definition) is 0. The van der Waals surface area contributed by atoms with Crippen LogP contribution in [0.25, 0.3) is 0 Å². The highest BCUT2D eigenvalue weighted by Crippen LogP contribution is 2.44. The highest BCUT2D eigenvalue weighted by molar-refractivity contribution is 5.36. The van der Waals surface area contributed by atoms with Crippen LogP contribution in [0.5, 0.6) is 0 Å². The third kappa shape index (κ3) is 1.23. The quantitative estimate of drug-likeness (QED) is 0.493. The summed E-state index contributed by atoms with van der Waals surface area (Å²) < 4.78 is 5.50. The summed E-state index contributed by atoms with van der Waals surface area (Å²) in [5.74, 6) is 0. The van der Waals surface area contributed by atoms with Crippen molar-refractivity contribution < 1.29 is 4.74 Å². The van der Waals surface area contributed by atoms with Crippen LogP contribution in [0.4, 0.5) is 0 Å². The first kappa shape index (κ1) is 8.31. The van der Waals surface area contributed by atoms with Crippen LogP contribution in [0.1, 0.15) is 12.5 Å². The Balaban J connectivity index is 2.42. The summed E-state index contributed by atoms with van der Waals surface area (Å²) in [6.07, 6.45) is 0. The summed E-state index contributed by atoms with van der Waals surface area (Å²) in [5, 5.41) is 0. The molecule has 1 heteroatoms. The van der Waals surface area contributed by atoms with E-state index in [0.29, 0.717) is 0 Å². The molecule has 0 aliphatic carbocycles. The van der Waals surface area contributed by atoms with Crippen molar-refractivity contribution in [3.63, 3.8) is 0 Å². The average molecular weight is 172 g/mol. The van der Waals surface area contributed by atoms with E-state index in [-0.39, 0.29) is 5.60 Å². The molecule has 1 fully saturated rings. The zero-order chi connectivity index (χ0) is 9.31. The fourth-order valence-corrected chi connectivity index (χ4v) is 1.52. The molecule has 1 nitrogen and oxygen atoms in total. The zero-order valence-electron chi connectivity index (χ0n) is 7.71. The van der Waals surface area contributed by atoms with Crippen LogP contribution in [0, 0.1) is 0 Å². The maximum Gasteiger partial charge on any atom is 0.145 e. The highest BCUT2D eigenvalue weighted by atomic mass is 16.6. The third-order valence-electron chi connectivity index (χ3n) is 2.54. The minimum atomic E-state index is -0.205. The van der Waals surface area contributed by atoms with E-state index >= 15 is 0 Å². The fourth-order valence-electron chi connectivity index (χ4n) is 1.52. The van der Waals surface area contributed by atoms with Crippen molar-refractivity contribution in [1.82, 2.24) is 0 Å². The predicted molar refractivity (Wildman–Crippen MR) is 52.4 cm³/mol. The van der Waals surface area contributed by atoms with Gasteiger partial charge in [-0.3, -0.25) is 0 Å². The molecule has 0 N–H and O–H groups in total. The van der Waals surface area contributed by atoms with E-state index in [2.05, 4.69) is 24.4 Å². The SMILES string of the molecule is C=C=C(C)C1(c2ccccc2)CO1. The molecule has 1 aliphatic heterocycles. The van der Waals surface area contributed by atoms with Gasteiger partial charge in [-0.1, -0.05) is 36.9 Å². The van der Waals surface area contributed by atoms with Gasteiger partial charge in [0.2, 0.25) is 0 Å². The van der Waals surface area contributed by atoms with Crippen molar-refractivity contribution >= 4 is 0 Å². The van der Waals surface area contributed by atoms with E-state index in [0.717, 1.165) is 12.2 Å². The van der Waals surface area contributed by atoms with Gasteiger partial charge in [0, 0.05) is 5.57 Å². The van der Waals surface area contributed by atoms with Gasteiger partial charge in [0.1, 0.15) is 5.60 Å². The lowest BCUT2D eigenvalue weighted by Gasteiger charge is -2.10. The number of ether oxygens (including phenoxy) is 1. The van der Waals surface area contributed by atoms with Gasteiger partial charge in [0.05, 0.1) is 6.61 Å². The summed E-state index contributed by atoms with van der Waals surface area (Å²) in [7, 11) is 0. The second-order valence-corrected chi connectivity index (χ2v) is 3.28. The largest absolute Gasteiger partial charge is 0.359 e. The van der Waals surface area contributed by atoms with Crippen LogP contribution >= 0.6 is 0 Å². The van der Waals surface area contributed by atoms with Gasteiger partial charge in [-0.15, -0.1) is 5.73 Å². The van der Waals surface area contributed by atoms with Gasteiger partial charge >= 0.3 is 0 Å². The molecule has 1 aliphatic rings. The minimum Gasteiger partial charge on any atom is -0.359 e. The molecule has 2 rings (SSSR count). The van der Waals surface area contributed by atoms with Crippen LogP contribution in [0.15, 0.2) is 48.2 Å². The highest BCUT2D eigenvalue weighted by Gasteiger charge is 2.48. The first-order valence-corrected chi connectivity index (χ1v) is 4.36. The maximum absolute atomic E-state index is 5.50. The molecule has 0 radical (unpaired) electrons. The lowest BCUT2D eigenvalue weighted by molar-refractivity contribution is 0.344. The lowest BCUT2D eigenvalue weighted by Crippen LogP contribution is -2.09. The van der Waals surface area contributed by atoms with Crippen molar-refractivity contribution in [2.45, 2.75) is 12.5 Å². The third-order valence-corrected chi connectivity index (χ3v) is 2.54. The Kier molecular flexibility index (Phi) is 1.84. The topological polar surface area (TPSA) is 12.5 Å². The van der Waals surface area contributed by atoms with Gasteiger partial charge in [0.15, 0.2) is 0 Å². The zero-order valence-corrected chi connectivity index (χ0v) is 7.71. The Labute approximate surface area is 78.3 Å². The molecule has 1 unspecified atom stereocenters. The maximum atomic E-state index is 5.50. The summed E-state index contributed by atoms with van der Waals surface area (Å²) in [6.45, 7) is 6.41. The first-order valence-electron chi connectivity index (χ1n) is 4.36. The monoisotopic (exact) mass is 172 g/mol. The summed E-state index contributed by atoms with van der Waals surface area (Å²) in [5.41, 5.74) is 4.97. The predicted octanol–water partition coefficient (Wildman–Crippen LogP) is 2.64. The van der Waals surface area contributed by atoms with Crippen LogP contribution < -0.4 is 0 Å². The van der Waals surface area contributed by atoms with Gasteiger partial charge in [-0.05, 0) is 12.5 Å². The van der Waals surface area contributed by atoms with E-state index in [1.54, 1.807) is 0 Å². The van der Waals surface area contributed by atoms with Crippen LogP contribution in [0.2, 0.25) is 0 Å². The fraction of sp³-hybridized carbons (Fsp3) is 0.250. The number of benzene rings is 1. The normalized spacial score (nSPS) is 25.0. The molecule has 0 amide bonds. The molecule has 0 spiro atoms. The van der Waals surface area contributed by atoms with Crippen molar-refractivity contribution in [3.8, 4) is 0 Å². The summed E-state index contributed by atoms with van der Waals surface area (Å²) in [4.78, 5) is 0. The average Bonchev–Trinajstić information content (AvgIpc) is 2.99. The Morgan fingerprint density at radius 3 is 2.54 bits per heavy atom. The molecule has 0 bridgehead atoms. The molecule has 0 aromatic heterocycles. The van der Waals surface area contributed by atoms with Crippen molar-refractivity contribution in [2.24, 2.45) is 0 Å². The van der Waals surface area contributed by atoms with Gasteiger partial charge in [0.25, 0.3) is 0 Å². The standard InChI is InChI=1S/C12H12O/c1-3-10(2)12(9-13-12)11-7-5-4-6-8-11/h4-8H,1,9H2,2H3. The minimum absolute atomic E-state index is 0.205. The molecule has 1 atom stereocenters. The van der Waals surface area contributed by atoms with Crippen LogP contribution in [0.3, 0.4) is 0 Å². The molecule has 13 heavy (non-hydrogen) atoms. The number of epoxide rings is 1. The van der Waals surface area contributed by atoms with E-state index in [1.165, 1.54) is 5.56 Å². The molecular formula is C12H12O. The molecule has 1 aromatic rings. The van der Waals surface area contributed by atoms with E-state index in [9.17, 15) is 0 Å². The van der Waals surface area contributed by atoms with Crippen molar-refractivity contribution in [1.29, 1.82) is 0 Å². The smallest absolute Gasteiger partial charge is 0.145 e. The lowest BCUT2D eigenvalue weighted by atomic mass is 9.93. The van der Waals surface area contributed by atoms with Crippen molar-refractivity contribution in [3.05, 3.63) is 53.8 Å². The molecule has 1 heterocycles. The van der Waals surface area contributed by atoms with E-state index in [1.807, 2.05) is 25.1 Å². The summed E-state index contributed by atoms with van der Waals surface area (Å²) >= 11 is 0. The van der Waals surface area contributed by atoms with Crippen LogP contribution in [-0.4, -0.2) is 6.61 Å². The Morgan fingerprint density at radius 2 is 2.08 bits per heavy atom.